The van der Waals surface area contributed by atoms with Crippen molar-refractivity contribution in [1.82, 2.24) is 5.32 Å². The Morgan fingerprint density at radius 3 is 2.48 bits per heavy atom. The zero-order valence-corrected chi connectivity index (χ0v) is 13.5. The molecule has 3 rings (SSSR count). The van der Waals surface area contributed by atoms with Crippen LogP contribution in [-0.2, 0) is 0 Å². The largest absolute Gasteiger partial charge is 0.497 e. The second-order valence-electron chi connectivity index (χ2n) is 6.91. The molecule has 0 bridgehead atoms. The molecule has 3 atom stereocenters. The Kier molecular flexibility index (Phi) is 4.84. The number of hydrogen-bond acceptors (Lipinski definition) is 2. The molecule has 116 valence electrons. The molecular weight excluding hydrogens is 258 g/mol. The van der Waals surface area contributed by atoms with E-state index in [4.69, 9.17) is 4.74 Å². The third-order valence-corrected chi connectivity index (χ3v) is 5.47. The third-order valence-electron chi connectivity index (χ3n) is 5.47. The molecule has 0 spiro atoms. The van der Waals surface area contributed by atoms with Gasteiger partial charge in [0.15, 0.2) is 0 Å². The molecule has 2 nitrogen and oxygen atoms in total. The maximum atomic E-state index is 5.30. The van der Waals surface area contributed by atoms with Gasteiger partial charge in [0, 0.05) is 6.04 Å². The second-order valence-corrected chi connectivity index (χ2v) is 6.91. The minimum absolute atomic E-state index is 0.723. The summed E-state index contributed by atoms with van der Waals surface area (Å²) in [6, 6.07) is 9.63. The highest BCUT2D eigenvalue weighted by atomic mass is 16.5. The maximum absolute atomic E-state index is 5.30. The van der Waals surface area contributed by atoms with Gasteiger partial charge in [-0.2, -0.15) is 0 Å². The number of ether oxygens (including phenoxy) is 1. The Balaban J connectivity index is 1.70. The molecule has 21 heavy (non-hydrogen) atoms. The first-order valence-corrected chi connectivity index (χ1v) is 8.67. The molecule has 2 fully saturated rings. The van der Waals surface area contributed by atoms with Crippen molar-refractivity contribution < 1.29 is 4.74 Å². The van der Waals surface area contributed by atoms with Crippen LogP contribution in [0.3, 0.4) is 0 Å². The zero-order valence-electron chi connectivity index (χ0n) is 13.5. The van der Waals surface area contributed by atoms with Crippen LogP contribution in [0.1, 0.15) is 56.9 Å². The Labute approximate surface area is 129 Å². The second kappa shape index (κ2) is 6.83. The smallest absolute Gasteiger partial charge is 0.118 e. The topological polar surface area (TPSA) is 21.3 Å². The van der Waals surface area contributed by atoms with Crippen molar-refractivity contribution in [2.75, 3.05) is 13.7 Å². The van der Waals surface area contributed by atoms with E-state index in [9.17, 15) is 0 Å². The van der Waals surface area contributed by atoms with Crippen LogP contribution < -0.4 is 10.1 Å². The Bertz CT molecular complexity index is 437. The van der Waals surface area contributed by atoms with Crippen LogP contribution in [0.25, 0.3) is 0 Å². The van der Waals surface area contributed by atoms with Gasteiger partial charge >= 0.3 is 0 Å². The highest BCUT2D eigenvalue weighted by Gasteiger charge is 2.32. The number of nitrogens with one attached hydrogen (secondary N) is 1. The van der Waals surface area contributed by atoms with Gasteiger partial charge in [0.1, 0.15) is 5.75 Å². The first-order valence-electron chi connectivity index (χ1n) is 8.67. The fourth-order valence-corrected chi connectivity index (χ4v) is 3.80. The quantitative estimate of drug-likeness (QED) is 0.839. The van der Waals surface area contributed by atoms with E-state index in [-0.39, 0.29) is 0 Å². The molecule has 0 aliphatic heterocycles. The minimum Gasteiger partial charge on any atom is -0.497 e. The fourth-order valence-electron chi connectivity index (χ4n) is 3.80. The van der Waals surface area contributed by atoms with E-state index in [0.29, 0.717) is 0 Å². The summed E-state index contributed by atoms with van der Waals surface area (Å²) in [7, 11) is 1.74. The highest BCUT2D eigenvalue weighted by Crippen LogP contribution is 2.42. The van der Waals surface area contributed by atoms with E-state index in [1.807, 2.05) is 0 Å². The van der Waals surface area contributed by atoms with Gasteiger partial charge in [-0.15, -0.1) is 0 Å². The summed E-state index contributed by atoms with van der Waals surface area (Å²) >= 11 is 0. The van der Waals surface area contributed by atoms with Gasteiger partial charge in [0.2, 0.25) is 0 Å². The highest BCUT2D eigenvalue weighted by molar-refractivity contribution is 5.30. The SMILES string of the molecule is CCC1CCC(CNC2CC2)C(c2ccc(OC)cc2)C1. The average Bonchev–Trinajstić information content (AvgIpc) is 3.37. The molecule has 0 radical (unpaired) electrons. The number of hydrogen-bond donors (Lipinski definition) is 1. The molecule has 1 aromatic rings. The van der Waals surface area contributed by atoms with E-state index in [0.717, 1.165) is 29.5 Å². The summed E-state index contributed by atoms with van der Waals surface area (Å²) in [5, 5.41) is 3.76. The van der Waals surface area contributed by atoms with E-state index >= 15 is 0 Å². The van der Waals surface area contributed by atoms with Crippen LogP contribution in [0.15, 0.2) is 24.3 Å². The Morgan fingerprint density at radius 1 is 1.10 bits per heavy atom. The summed E-state index contributed by atoms with van der Waals surface area (Å²) in [5.41, 5.74) is 1.51. The lowest BCUT2D eigenvalue weighted by Gasteiger charge is -2.36. The van der Waals surface area contributed by atoms with Crippen LogP contribution in [-0.4, -0.2) is 19.7 Å². The average molecular weight is 287 g/mol. The fraction of sp³-hybridized carbons (Fsp3) is 0.684. The van der Waals surface area contributed by atoms with Crippen molar-refractivity contribution in [3.8, 4) is 5.75 Å². The van der Waals surface area contributed by atoms with Gasteiger partial charge in [-0.25, -0.2) is 0 Å². The van der Waals surface area contributed by atoms with E-state index in [1.54, 1.807) is 7.11 Å². The van der Waals surface area contributed by atoms with Crippen LogP contribution in [0.5, 0.6) is 5.75 Å². The summed E-state index contributed by atoms with van der Waals surface area (Å²) < 4.78 is 5.30. The van der Waals surface area contributed by atoms with Crippen molar-refractivity contribution in [1.29, 1.82) is 0 Å². The summed E-state index contributed by atoms with van der Waals surface area (Å²) in [6.45, 7) is 3.55. The monoisotopic (exact) mass is 287 g/mol. The summed E-state index contributed by atoms with van der Waals surface area (Å²) in [4.78, 5) is 0. The molecule has 1 aromatic carbocycles. The van der Waals surface area contributed by atoms with Gasteiger partial charge in [-0.05, 0) is 67.7 Å². The molecule has 3 unspecified atom stereocenters. The van der Waals surface area contributed by atoms with Gasteiger partial charge in [0.05, 0.1) is 7.11 Å². The summed E-state index contributed by atoms with van der Waals surface area (Å²) in [5.74, 6) is 3.41. The predicted octanol–water partition coefficient (Wildman–Crippen LogP) is 4.36. The van der Waals surface area contributed by atoms with Crippen LogP contribution >= 0.6 is 0 Å². The molecule has 0 amide bonds. The lowest BCUT2D eigenvalue weighted by molar-refractivity contribution is 0.225. The molecule has 0 aromatic heterocycles. The van der Waals surface area contributed by atoms with E-state index in [1.165, 1.54) is 50.6 Å². The van der Waals surface area contributed by atoms with Crippen molar-refractivity contribution in [2.45, 2.75) is 57.4 Å². The van der Waals surface area contributed by atoms with Crippen molar-refractivity contribution >= 4 is 0 Å². The number of rotatable bonds is 6. The van der Waals surface area contributed by atoms with Crippen molar-refractivity contribution in [3.63, 3.8) is 0 Å². The standard InChI is InChI=1S/C19H29NO/c1-3-14-4-5-16(13-20-17-8-9-17)19(12-14)15-6-10-18(21-2)11-7-15/h6-7,10-11,14,16-17,19-20H,3-5,8-9,12-13H2,1-2H3. The minimum atomic E-state index is 0.723. The zero-order chi connectivity index (χ0) is 14.7. The Morgan fingerprint density at radius 2 is 1.86 bits per heavy atom. The molecule has 1 N–H and O–H groups in total. The van der Waals surface area contributed by atoms with Gasteiger partial charge in [-0.1, -0.05) is 31.9 Å². The first kappa shape index (κ1) is 14.9. The first-order chi connectivity index (χ1) is 10.3. The lowest BCUT2D eigenvalue weighted by Crippen LogP contribution is -2.33. The van der Waals surface area contributed by atoms with Gasteiger partial charge < -0.3 is 10.1 Å². The van der Waals surface area contributed by atoms with E-state index < -0.39 is 0 Å². The molecular formula is C19H29NO. The normalized spacial score (nSPS) is 29.3. The lowest BCUT2D eigenvalue weighted by atomic mass is 9.70. The molecule has 2 heteroatoms. The van der Waals surface area contributed by atoms with Gasteiger partial charge in [0.25, 0.3) is 0 Å². The van der Waals surface area contributed by atoms with Crippen molar-refractivity contribution in [2.24, 2.45) is 11.8 Å². The Hall–Kier alpha value is -1.02. The molecule has 2 aliphatic carbocycles. The summed E-state index contributed by atoms with van der Waals surface area (Å²) in [6.07, 6.45) is 8.26. The van der Waals surface area contributed by atoms with Crippen LogP contribution in [0.2, 0.25) is 0 Å². The predicted molar refractivity (Wildman–Crippen MR) is 87.9 cm³/mol. The third kappa shape index (κ3) is 3.79. The van der Waals surface area contributed by atoms with Crippen LogP contribution in [0, 0.1) is 11.8 Å². The van der Waals surface area contributed by atoms with Crippen molar-refractivity contribution in [3.05, 3.63) is 29.8 Å². The van der Waals surface area contributed by atoms with Crippen LogP contribution in [0.4, 0.5) is 0 Å². The van der Waals surface area contributed by atoms with E-state index in [2.05, 4.69) is 36.5 Å². The molecule has 2 saturated carbocycles. The number of benzene rings is 1. The number of methoxy groups -OCH3 is 1. The molecule has 2 aliphatic rings. The molecule has 0 saturated heterocycles. The maximum Gasteiger partial charge on any atom is 0.118 e. The molecule has 0 heterocycles. The van der Waals surface area contributed by atoms with Gasteiger partial charge in [-0.3, -0.25) is 0 Å².